The molecule has 0 unspecified atom stereocenters. The molecule has 5 heteroatoms. The third-order valence-corrected chi connectivity index (χ3v) is 6.06. The first-order valence-electron chi connectivity index (χ1n) is 10.7. The third kappa shape index (κ3) is 5.13. The Balaban J connectivity index is 1.58. The molecule has 0 bridgehead atoms. The fourth-order valence-electron chi connectivity index (χ4n) is 4.78. The highest BCUT2D eigenvalue weighted by Gasteiger charge is 2.35. The van der Waals surface area contributed by atoms with Crippen molar-refractivity contribution in [1.82, 2.24) is 15.1 Å². The Morgan fingerprint density at radius 1 is 1.11 bits per heavy atom. The Hall–Kier alpha value is -1.88. The largest absolute Gasteiger partial charge is 0.352 e. The number of benzene rings is 1. The zero-order valence-electron chi connectivity index (χ0n) is 17.8. The first-order chi connectivity index (χ1) is 13.3. The van der Waals surface area contributed by atoms with Gasteiger partial charge in [-0.3, -0.25) is 14.5 Å². The zero-order chi connectivity index (χ0) is 20.3. The van der Waals surface area contributed by atoms with Crippen molar-refractivity contribution in [2.75, 3.05) is 19.6 Å². The maximum Gasteiger partial charge on any atom is 0.225 e. The Morgan fingerprint density at radius 3 is 2.36 bits per heavy atom. The maximum absolute atomic E-state index is 12.6. The van der Waals surface area contributed by atoms with E-state index < -0.39 is 0 Å². The molecule has 0 aliphatic carbocycles. The molecular weight excluding hydrogens is 350 g/mol. The van der Waals surface area contributed by atoms with Crippen LogP contribution in [0.3, 0.4) is 0 Å². The normalized spacial score (nSPS) is 26.1. The minimum absolute atomic E-state index is 0.00785. The predicted octanol–water partition coefficient (Wildman–Crippen LogP) is 3.04. The number of piperidine rings is 1. The fourth-order valence-corrected chi connectivity index (χ4v) is 4.78. The lowest BCUT2D eigenvalue weighted by Gasteiger charge is -2.35. The van der Waals surface area contributed by atoms with Crippen molar-refractivity contribution >= 4 is 11.8 Å². The highest BCUT2D eigenvalue weighted by molar-refractivity contribution is 5.89. The van der Waals surface area contributed by atoms with Crippen LogP contribution < -0.4 is 5.32 Å². The molecule has 0 radical (unpaired) electrons. The summed E-state index contributed by atoms with van der Waals surface area (Å²) in [7, 11) is 0. The molecular formula is C23H35N3O2. The molecule has 28 heavy (non-hydrogen) atoms. The van der Waals surface area contributed by atoms with Gasteiger partial charge in [-0.05, 0) is 43.2 Å². The molecule has 2 amide bonds. The molecule has 2 fully saturated rings. The molecule has 1 aromatic rings. The van der Waals surface area contributed by atoms with Gasteiger partial charge in [0.2, 0.25) is 11.8 Å². The summed E-state index contributed by atoms with van der Waals surface area (Å²) in [4.78, 5) is 29.0. The monoisotopic (exact) mass is 385 g/mol. The average Bonchev–Trinajstić information content (AvgIpc) is 3.02. The van der Waals surface area contributed by atoms with Crippen molar-refractivity contribution in [3.05, 3.63) is 35.4 Å². The second-order valence-corrected chi connectivity index (χ2v) is 9.17. The quantitative estimate of drug-likeness (QED) is 0.819. The second-order valence-electron chi connectivity index (χ2n) is 9.17. The van der Waals surface area contributed by atoms with Crippen LogP contribution in [0.4, 0.5) is 0 Å². The lowest BCUT2D eigenvalue weighted by atomic mass is 9.91. The number of rotatable bonds is 6. The Labute approximate surface area is 169 Å². The van der Waals surface area contributed by atoms with Gasteiger partial charge in [-0.2, -0.15) is 0 Å². The van der Waals surface area contributed by atoms with Gasteiger partial charge >= 0.3 is 0 Å². The van der Waals surface area contributed by atoms with E-state index in [1.807, 2.05) is 19.9 Å². The molecule has 2 saturated heterocycles. The number of nitrogens with one attached hydrogen (secondary N) is 1. The van der Waals surface area contributed by atoms with E-state index in [2.05, 4.69) is 42.3 Å². The summed E-state index contributed by atoms with van der Waals surface area (Å²) in [6.45, 7) is 12.9. The number of hydrogen-bond acceptors (Lipinski definition) is 3. The zero-order valence-corrected chi connectivity index (χ0v) is 17.8. The van der Waals surface area contributed by atoms with Gasteiger partial charge in [0.1, 0.15) is 0 Å². The van der Waals surface area contributed by atoms with Gasteiger partial charge < -0.3 is 10.2 Å². The molecule has 0 saturated carbocycles. The van der Waals surface area contributed by atoms with E-state index >= 15 is 0 Å². The van der Waals surface area contributed by atoms with Crippen molar-refractivity contribution in [1.29, 1.82) is 0 Å². The van der Waals surface area contributed by atoms with E-state index in [1.54, 1.807) is 4.90 Å². The lowest BCUT2D eigenvalue weighted by Crippen LogP contribution is -2.38. The SMILES string of the molecule is CC(C)N1C[C@@H](C(=O)NCc2ccccc2CN2C[C@H](C)C[C@@H](C)C2)CC1=O. The van der Waals surface area contributed by atoms with Crippen LogP contribution in [0.5, 0.6) is 0 Å². The highest BCUT2D eigenvalue weighted by atomic mass is 16.2. The van der Waals surface area contributed by atoms with E-state index in [4.69, 9.17) is 0 Å². The maximum atomic E-state index is 12.6. The van der Waals surface area contributed by atoms with E-state index in [1.165, 1.54) is 17.5 Å². The predicted molar refractivity (Wildman–Crippen MR) is 111 cm³/mol. The minimum atomic E-state index is -0.231. The Morgan fingerprint density at radius 2 is 1.75 bits per heavy atom. The summed E-state index contributed by atoms with van der Waals surface area (Å²) in [5.41, 5.74) is 2.46. The van der Waals surface area contributed by atoms with Crippen LogP contribution in [0.25, 0.3) is 0 Å². The Kier molecular flexibility index (Phi) is 6.76. The van der Waals surface area contributed by atoms with Crippen LogP contribution in [0.15, 0.2) is 24.3 Å². The van der Waals surface area contributed by atoms with Crippen LogP contribution in [0.1, 0.15) is 51.7 Å². The van der Waals surface area contributed by atoms with E-state index in [0.29, 0.717) is 19.5 Å². The van der Waals surface area contributed by atoms with Gasteiger partial charge in [0.15, 0.2) is 0 Å². The molecule has 1 N–H and O–H groups in total. The second kappa shape index (κ2) is 9.08. The summed E-state index contributed by atoms with van der Waals surface area (Å²) >= 11 is 0. The lowest BCUT2D eigenvalue weighted by molar-refractivity contribution is -0.130. The van der Waals surface area contributed by atoms with Crippen molar-refractivity contribution in [2.45, 2.75) is 59.7 Å². The summed E-state index contributed by atoms with van der Waals surface area (Å²) in [6, 6.07) is 8.54. The first kappa shape index (κ1) is 20.8. The van der Waals surface area contributed by atoms with Crippen molar-refractivity contribution in [2.24, 2.45) is 17.8 Å². The summed E-state index contributed by atoms with van der Waals surface area (Å²) in [5, 5.41) is 3.08. The minimum Gasteiger partial charge on any atom is -0.352 e. The Bertz CT molecular complexity index is 693. The molecule has 5 nitrogen and oxygen atoms in total. The number of hydrogen-bond donors (Lipinski definition) is 1. The van der Waals surface area contributed by atoms with Crippen molar-refractivity contribution in [3.63, 3.8) is 0 Å². The van der Waals surface area contributed by atoms with Crippen LogP contribution >= 0.6 is 0 Å². The average molecular weight is 386 g/mol. The molecule has 3 atom stereocenters. The molecule has 2 aliphatic heterocycles. The van der Waals surface area contributed by atoms with Gasteiger partial charge in [-0.15, -0.1) is 0 Å². The van der Waals surface area contributed by atoms with Gasteiger partial charge in [-0.25, -0.2) is 0 Å². The van der Waals surface area contributed by atoms with E-state index in [0.717, 1.165) is 31.5 Å². The van der Waals surface area contributed by atoms with Crippen LogP contribution in [0.2, 0.25) is 0 Å². The van der Waals surface area contributed by atoms with Crippen molar-refractivity contribution < 1.29 is 9.59 Å². The topological polar surface area (TPSA) is 52.7 Å². The number of likely N-dealkylation sites (tertiary alicyclic amines) is 2. The molecule has 154 valence electrons. The van der Waals surface area contributed by atoms with Gasteiger partial charge in [0.25, 0.3) is 0 Å². The summed E-state index contributed by atoms with van der Waals surface area (Å²) in [5.74, 6) is 1.32. The molecule has 0 spiro atoms. The van der Waals surface area contributed by atoms with Gasteiger partial charge in [0.05, 0.1) is 5.92 Å². The molecule has 1 aromatic carbocycles. The summed E-state index contributed by atoms with van der Waals surface area (Å²) in [6.07, 6.45) is 1.64. The van der Waals surface area contributed by atoms with E-state index in [9.17, 15) is 9.59 Å². The number of amides is 2. The molecule has 2 heterocycles. The molecule has 2 aliphatic rings. The van der Waals surface area contributed by atoms with E-state index in [-0.39, 0.29) is 23.8 Å². The molecule has 0 aromatic heterocycles. The standard InChI is InChI=1S/C23H35N3O2/c1-16(2)26-15-21(10-22(26)27)23(28)24-11-19-7-5-6-8-20(19)14-25-12-17(3)9-18(4)13-25/h5-8,16-18,21H,9-15H2,1-4H3,(H,24,28)/t17-,18-,21+/m1/s1. The molecule has 3 rings (SSSR count). The highest BCUT2D eigenvalue weighted by Crippen LogP contribution is 2.24. The third-order valence-electron chi connectivity index (χ3n) is 6.06. The number of carbonyl (C=O) groups excluding carboxylic acids is 2. The van der Waals surface area contributed by atoms with Gasteiger partial charge in [0, 0.05) is 45.2 Å². The van der Waals surface area contributed by atoms with Gasteiger partial charge in [-0.1, -0.05) is 38.1 Å². The van der Waals surface area contributed by atoms with Crippen LogP contribution in [0, 0.1) is 17.8 Å². The van der Waals surface area contributed by atoms with Crippen LogP contribution in [-0.4, -0.2) is 47.3 Å². The summed E-state index contributed by atoms with van der Waals surface area (Å²) < 4.78 is 0. The van der Waals surface area contributed by atoms with Crippen LogP contribution in [-0.2, 0) is 22.7 Å². The smallest absolute Gasteiger partial charge is 0.225 e. The van der Waals surface area contributed by atoms with Crippen molar-refractivity contribution in [3.8, 4) is 0 Å². The number of carbonyl (C=O) groups is 2. The first-order valence-corrected chi connectivity index (χ1v) is 10.7. The number of nitrogens with zero attached hydrogens (tertiary/aromatic N) is 2. The fraction of sp³-hybridized carbons (Fsp3) is 0.652.